The van der Waals surface area contributed by atoms with E-state index in [1.165, 1.54) is 11.3 Å². The van der Waals surface area contributed by atoms with Crippen LogP contribution in [0.2, 0.25) is 0 Å². The maximum atomic E-state index is 12.0. The summed E-state index contributed by atoms with van der Waals surface area (Å²) in [7, 11) is 1.69. The highest BCUT2D eigenvalue weighted by molar-refractivity contribution is 7.15. The second kappa shape index (κ2) is 5.01. The summed E-state index contributed by atoms with van der Waals surface area (Å²) < 4.78 is 5.25. The average Bonchev–Trinajstić information content (AvgIpc) is 2.86. The number of carbonyl (C=O) groups is 1. The van der Waals surface area contributed by atoms with Gasteiger partial charge in [-0.2, -0.15) is 0 Å². The van der Waals surface area contributed by atoms with E-state index in [9.17, 15) is 4.79 Å². The van der Waals surface area contributed by atoms with Gasteiger partial charge in [0, 0.05) is 25.1 Å². The van der Waals surface area contributed by atoms with Crippen LogP contribution >= 0.6 is 11.3 Å². The van der Waals surface area contributed by atoms with Gasteiger partial charge >= 0.3 is 0 Å². The van der Waals surface area contributed by atoms with Gasteiger partial charge in [0.15, 0.2) is 5.13 Å². The van der Waals surface area contributed by atoms with Gasteiger partial charge in [-0.05, 0) is 13.3 Å². The van der Waals surface area contributed by atoms with Crippen molar-refractivity contribution in [1.82, 2.24) is 9.88 Å². The van der Waals surface area contributed by atoms with E-state index in [-0.39, 0.29) is 12.0 Å². The summed E-state index contributed by atoms with van der Waals surface area (Å²) in [5.41, 5.74) is 6.48. The zero-order chi connectivity index (χ0) is 12.4. The third-order valence-electron chi connectivity index (χ3n) is 3.05. The van der Waals surface area contributed by atoms with Gasteiger partial charge in [0.1, 0.15) is 0 Å². The number of thiazole rings is 1. The van der Waals surface area contributed by atoms with E-state index >= 15 is 0 Å². The van der Waals surface area contributed by atoms with Crippen molar-refractivity contribution in [3.8, 4) is 0 Å². The number of ether oxygens (including phenoxy) is 1. The van der Waals surface area contributed by atoms with E-state index < -0.39 is 0 Å². The number of aryl methyl sites for hydroxylation is 1. The Morgan fingerprint density at radius 3 is 3.00 bits per heavy atom. The number of carbonyl (C=O) groups excluding carboxylic acids is 1. The molecule has 0 aromatic carbocycles. The SMILES string of the molecule is COC1CCN(C(=O)Cc2sc(N)nc2C)C1. The summed E-state index contributed by atoms with van der Waals surface area (Å²) in [4.78, 5) is 19.0. The van der Waals surface area contributed by atoms with Gasteiger partial charge in [-0.3, -0.25) is 4.79 Å². The summed E-state index contributed by atoms with van der Waals surface area (Å²) in [6.07, 6.45) is 1.51. The number of anilines is 1. The zero-order valence-corrected chi connectivity index (χ0v) is 10.9. The number of aromatic nitrogens is 1. The van der Waals surface area contributed by atoms with Gasteiger partial charge in [0.25, 0.3) is 0 Å². The zero-order valence-electron chi connectivity index (χ0n) is 10.1. The monoisotopic (exact) mass is 255 g/mol. The molecule has 1 aliphatic heterocycles. The minimum Gasteiger partial charge on any atom is -0.380 e. The number of hydrogen-bond donors (Lipinski definition) is 1. The Hall–Kier alpha value is -1.14. The van der Waals surface area contributed by atoms with Gasteiger partial charge < -0.3 is 15.4 Å². The molecule has 0 bridgehead atoms. The first-order valence-corrected chi connectivity index (χ1v) is 6.44. The van der Waals surface area contributed by atoms with Crippen LogP contribution in [0.5, 0.6) is 0 Å². The van der Waals surface area contributed by atoms with Crippen LogP contribution < -0.4 is 5.73 Å². The lowest BCUT2D eigenvalue weighted by molar-refractivity contribution is -0.129. The maximum absolute atomic E-state index is 12.0. The van der Waals surface area contributed by atoms with Crippen LogP contribution in [0.4, 0.5) is 5.13 Å². The molecule has 17 heavy (non-hydrogen) atoms. The Labute approximate surface area is 105 Å². The van der Waals surface area contributed by atoms with Gasteiger partial charge in [0.2, 0.25) is 5.91 Å². The molecule has 0 spiro atoms. The number of rotatable bonds is 3. The number of hydrogen-bond acceptors (Lipinski definition) is 5. The summed E-state index contributed by atoms with van der Waals surface area (Å²) in [5, 5.41) is 0.529. The maximum Gasteiger partial charge on any atom is 0.227 e. The second-order valence-corrected chi connectivity index (χ2v) is 5.34. The molecule has 1 unspecified atom stereocenters. The van der Waals surface area contributed by atoms with Crippen molar-refractivity contribution in [1.29, 1.82) is 0 Å². The first kappa shape index (κ1) is 12.3. The number of nitrogens with zero attached hydrogens (tertiary/aromatic N) is 2. The first-order valence-electron chi connectivity index (χ1n) is 5.62. The van der Waals surface area contributed by atoms with Crippen LogP contribution in [-0.4, -0.2) is 42.1 Å². The predicted molar refractivity (Wildman–Crippen MR) is 67.0 cm³/mol. The van der Waals surface area contributed by atoms with E-state index in [4.69, 9.17) is 10.5 Å². The lowest BCUT2D eigenvalue weighted by Crippen LogP contribution is -2.31. The highest BCUT2D eigenvalue weighted by Gasteiger charge is 2.26. The van der Waals surface area contributed by atoms with Crippen molar-refractivity contribution < 1.29 is 9.53 Å². The lowest BCUT2D eigenvalue weighted by Gasteiger charge is -2.15. The van der Waals surface area contributed by atoms with Crippen LogP contribution in [-0.2, 0) is 16.0 Å². The number of nitrogen functional groups attached to an aromatic ring is 1. The lowest BCUT2D eigenvalue weighted by atomic mass is 10.3. The van der Waals surface area contributed by atoms with Gasteiger partial charge in [-0.25, -0.2) is 4.98 Å². The summed E-state index contributed by atoms with van der Waals surface area (Å²) in [5.74, 6) is 0.135. The van der Waals surface area contributed by atoms with E-state index in [0.717, 1.165) is 23.5 Å². The first-order chi connectivity index (χ1) is 8.10. The van der Waals surface area contributed by atoms with Crippen LogP contribution in [0.3, 0.4) is 0 Å². The van der Waals surface area contributed by atoms with Crippen molar-refractivity contribution in [3.05, 3.63) is 10.6 Å². The Morgan fingerprint density at radius 2 is 2.47 bits per heavy atom. The van der Waals surface area contributed by atoms with Crippen LogP contribution in [0.15, 0.2) is 0 Å². The molecule has 1 atom stereocenters. The molecule has 1 aromatic rings. The molecule has 1 fully saturated rings. The molecular weight excluding hydrogens is 238 g/mol. The molecule has 0 radical (unpaired) electrons. The van der Waals surface area contributed by atoms with Crippen LogP contribution in [0.25, 0.3) is 0 Å². The normalized spacial score (nSPS) is 19.9. The van der Waals surface area contributed by atoms with Gasteiger partial charge in [0.05, 0.1) is 18.2 Å². The highest BCUT2D eigenvalue weighted by Crippen LogP contribution is 2.22. The minimum atomic E-state index is 0.135. The topological polar surface area (TPSA) is 68.5 Å². The van der Waals surface area contributed by atoms with Crippen LogP contribution in [0, 0.1) is 6.92 Å². The Morgan fingerprint density at radius 1 is 1.71 bits per heavy atom. The fraction of sp³-hybridized carbons (Fsp3) is 0.636. The number of methoxy groups -OCH3 is 1. The predicted octanol–water partition coefficient (Wildman–Crippen LogP) is 0.824. The van der Waals surface area contributed by atoms with Crippen molar-refractivity contribution in [2.75, 3.05) is 25.9 Å². The average molecular weight is 255 g/mol. The number of likely N-dealkylation sites (tertiary alicyclic amines) is 1. The quantitative estimate of drug-likeness (QED) is 0.868. The van der Waals surface area contributed by atoms with Crippen molar-refractivity contribution in [2.24, 2.45) is 0 Å². The molecule has 5 nitrogen and oxygen atoms in total. The molecule has 0 saturated carbocycles. The fourth-order valence-electron chi connectivity index (χ4n) is 2.01. The molecule has 1 aromatic heterocycles. The van der Waals surface area contributed by atoms with Crippen molar-refractivity contribution in [2.45, 2.75) is 25.9 Å². The molecule has 6 heteroatoms. The Bertz CT molecular complexity index is 419. The van der Waals surface area contributed by atoms with E-state index in [0.29, 0.717) is 18.1 Å². The highest BCUT2D eigenvalue weighted by atomic mass is 32.1. The minimum absolute atomic E-state index is 0.135. The molecule has 1 amide bonds. The fourth-order valence-corrected chi connectivity index (χ4v) is 2.83. The van der Waals surface area contributed by atoms with Gasteiger partial charge in [-0.15, -0.1) is 11.3 Å². The Balaban J connectivity index is 1.96. The number of nitrogens with two attached hydrogens (primary N) is 1. The van der Waals surface area contributed by atoms with Crippen molar-refractivity contribution >= 4 is 22.4 Å². The largest absolute Gasteiger partial charge is 0.380 e. The molecule has 94 valence electrons. The third kappa shape index (κ3) is 2.76. The second-order valence-electron chi connectivity index (χ2n) is 4.22. The van der Waals surface area contributed by atoms with E-state index in [1.807, 2.05) is 11.8 Å². The van der Waals surface area contributed by atoms with E-state index in [2.05, 4.69) is 4.98 Å². The summed E-state index contributed by atoms with van der Waals surface area (Å²) in [6, 6.07) is 0. The molecular formula is C11H17N3O2S. The summed E-state index contributed by atoms with van der Waals surface area (Å²) in [6.45, 7) is 3.37. The Kier molecular flexibility index (Phi) is 3.63. The van der Waals surface area contributed by atoms with Crippen LogP contribution in [0.1, 0.15) is 17.0 Å². The smallest absolute Gasteiger partial charge is 0.227 e. The molecule has 2 N–H and O–H groups in total. The van der Waals surface area contributed by atoms with Gasteiger partial charge in [-0.1, -0.05) is 0 Å². The molecule has 2 heterocycles. The third-order valence-corrected chi connectivity index (χ3v) is 4.04. The van der Waals surface area contributed by atoms with Crippen molar-refractivity contribution in [3.63, 3.8) is 0 Å². The standard InChI is InChI=1S/C11H17N3O2S/c1-7-9(17-11(12)13-7)5-10(15)14-4-3-8(6-14)16-2/h8H,3-6H2,1-2H3,(H2,12,13). The molecule has 1 saturated heterocycles. The molecule has 2 rings (SSSR count). The number of amides is 1. The van der Waals surface area contributed by atoms with E-state index in [1.54, 1.807) is 7.11 Å². The summed E-state index contributed by atoms with van der Waals surface area (Å²) >= 11 is 1.40. The molecule has 0 aliphatic carbocycles. The molecule has 1 aliphatic rings.